The lowest BCUT2D eigenvalue weighted by Gasteiger charge is -2.30. The largest absolute Gasteiger partial charge is 0.480 e. The lowest BCUT2D eigenvalue weighted by atomic mass is 10.00. The van der Waals surface area contributed by atoms with Gasteiger partial charge in [0.25, 0.3) is 5.91 Å². The van der Waals surface area contributed by atoms with Crippen LogP contribution in [0.4, 0.5) is 5.69 Å². The number of fused-ring (bicyclic) bond motifs is 1. The second-order valence-electron chi connectivity index (χ2n) is 9.49. The minimum Gasteiger partial charge on any atom is -0.480 e. The molecule has 0 aliphatic carbocycles. The van der Waals surface area contributed by atoms with Crippen molar-refractivity contribution >= 4 is 47.7 Å². The molecule has 0 bridgehead atoms. The summed E-state index contributed by atoms with van der Waals surface area (Å²) in [6.45, 7) is 3.24. The Kier molecular flexibility index (Phi) is 9.65. The zero-order chi connectivity index (χ0) is 28.0. The number of benzene rings is 2. The zero-order valence-electron chi connectivity index (χ0n) is 21.6. The van der Waals surface area contributed by atoms with Crippen molar-refractivity contribution in [2.45, 2.75) is 38.5 Å². The maximum absolute atomic E-state index is 13.9. The van der Waals surface area contributed by atoms with E-state index in [1.54, 1.807) is 24.3 Å². The van der Waals surface area contributed by atoms with Crippen LogP contribution in [0.1, 0.15) is 31.4 Å². The molecule has 0 saturated carbocycles. The smallest absolute Gasteiger partial charge is 0.326 e. The molecule has 3 atom stereocenters. The Morgan fingerprint density at radius 3 is 2.37 bits per heavy atom. The number of hydrogen-bond acceptors (Lipinski definition) is 7. The average molecular weight is 540 g/mol. The van der Waals surface area contributed by atoms with Gasteiger partial charge in [0.05, 0.1) is 17.4 Å². The molecule has 1 aliphatic rings. The Morgan fingerprint density at radius 1 is 1.13 bits per heavy atom. The number of nitrogens with two attached hydrogens (primary N) is 1. The van der Waals surface area contributed by atoms with Gasteiger partial charge in [-0.15, -0.1) is 0 Å². The van der Waals surface area contributed by atoms with Crippen molar-refractivity contribution in [3.63, 3.8) is 0 Å². The van der Waals surface area contributed by atoms with Crippen LogP contribution in [0.25, 0.3) is 0 Å². The molecule has 11 heteroatoms. The van der Waals surface area contributed by atoms with Crippen LogP contribution in [0.15, 0.2) is 59.6 Å². The van der Waals surface area contributed by atoms with E-state index in [0.717, 1.165) is 4.90 Å². The molecule has 2 aromatic rings. The number of likely N-dealkylation sites (N-methyl/N-ethyl adjacent to an activating group) is 1. The molecule has 0 unspecified atom stereocenters. The number of carboxylic acids is 1. The fourth-order valence-corrected chi connectivity index (χ4v) is 4.35. The van der Waals surface area contributed by atoms with Gasteiger partial charge in [0, 0.05) is 23.9 Å². The fourth-order valence-electron chi connectivity index (χ4n) is 4.19. The number of carboxylic acid groups (broad SMARTS) is 1. The molecular weight excluding hydrogens is 506 g/mol. The zero-order valence-corrected chi connectivity index (χ0v) is 22.5. The van der Waals surface area contributed by atoms with E-state index in [0.29, 0.717) is 22.5 Å². The summed E-state index contributed by atoms with van der Waals surface area (Å²) in [4.78, 5) is 58.8. The third-order valence-corrected chi connectivity index (χ3v) is 6.50. The van der Waals surface area contributed by atoms with Crippen molar-refractivity contribution in [3.8, 4) is 0 Å². The average Bonchev–Trinajstić information content (AvgIpc) is 3.02. The van der Waals surface area contributed by atoms with E-state index in [2.05, 4.69) is 17.9 Å². The van der Waals surface area contributed by atoms with Gasteiger partial charge in [0.1, 0.15) is 12.6 Å². The van der Waals surface area contributed by atoms with E-state index < -0.39 is 48.5 Å². The standard InChI is InChI=1S/C27H33N5O5S/c1-16(2)13-20(27(36)37)29-22(33)14-32-21-12-8-7-11-18(21)23(17-9-5-4-6-10-17)30-24(26(32)35)31(3)25(34)19(28)15-38/h4-12,16,19-20,24,38H,13-15,28H2,1-3H3,(H,29,33)(H,36,37)/t19-,20-,24-/m0/s1. The van der Waals surface area contributed by atoms with E-state index in [1.807, 2.05) is 44.2 Å². The van der Waals surface area contributed by atoms with Gasteiger partial charge in [-0.2, -0.15) is 12.6 Å². The monoisotopic (exact) mass is 539 g/mol. The molecule has 0 aromatic heterocycles. The molecule has 0 radical (unpaired) electrons. The van der Waals surface area contributed by atoms with Crippen LogP contribution in [-0.4, -0.2) is 77.0 Å². The summed E-state index contributed by atoms with van der Waals surface area (Å²) >= 11 is 4.10. The number of amides is 3. The van der Waals surface area contributed by atoms with Gasteiger partial charge in [-0.1, -0.05) is 62.4 Å². The number of hydrogen-bond donors (Lipinski definition) is 4. The number of benzodiazepines with no additional fused rings is 1. The maximum atomic E-state index is 13.9. The second-order valence-corrected chi connectivity index (χ2v) is 9.85. The van der Waals surface area contributed by atoms with Gasteiger partial charge >= 0.3 is 5.97 Å². The number of nitrogens with zero attached hydrogens (tertiary/aromatic N) is 3. The number of aliphatic imine (C=N–C) groups is 1. The van der Waals surface area contributed by atoms with Crippen molar-refractivity contribution < 1.29 is 24.3 Å². The molecule has 10 nitrogen and oxygen atoms in total. The van der Waals surface area contributed by atoms with E-state index >= 15 is 0 Å². The van der Waals surface area contributed by atoms with Gasteiger partial charge in [-0.3, -0.25) is 19.3 Å². The van der Waals surface area contributed by atoms with Crippen LogP contribution in [0, 0.1) is 5.92 Å². The minimum atomic E-state index is -1.32. The van der Waals surface area contributed by atoms with Crippen molar-refractivity contribution in [1.82, 2.24) is 10.2 Å². The lowest BCUT2D eigenvalue weighted by Crippen LogP contribution is -2.55. The summed E-state index contributed by atoms with van der Waals surface area (Å²) in [5.41, 5.74) is 8.09. The van der Waals surface area contributed by atoms with E-state index in [1.165, 1.54) is 11.9 Å². The summed E-state index contributed by atoms with van der Waals surface area (Å²) in [7, 11) is 1.43. The Balaban J connectivity index is 2.08. The van der Waals surface area contributed by atoms with Gasteiger partial charge < -0.3 is 21.1 Å². The van der Waals surface area contributed by atoms with Crippen LogP contribution in [0.3, 0.4) is 0 Å². The number of aliphatic carboxylic acids is 1. The van der Waals surface area contributed by atoms with Gasteiger partial charge in [0.15, 0.2) is 0 Å². The first-order chi connectivity index (χ1) is 18.0. The Bertz CT molecular complexity index is 1220. The Labute approximate surface area is 227 Å². The molecule has 3 rings (SSSR count). The first-order valence-corrected chi connectivity index (χ1v) is 12.9. The normalized spacial score (nSPS) is 16.7. The fraction of sp³-hybridized carbons (Fsp3) is 0.370. The molecular formula is C27H33N5O5S. The van der Waals surface area contributed by atoms with Crippen molar-refractivity contribution in [2.24, 2.45) is 16.6 Å². The van der Waals surface area contributed by atoms with Crippen molar-refractivity contribution in [2.75, 3.05) is 24.2 Å². The molecule has 38 heavy (non-hydrogen) atoms. The van der Waals surface area contributed by atoms with Crippen LogP contribution >= 0.6 is 12.6 Å². The molecule has 0 saturated heterocycles. The SMILES string of the molecule is CC(C)C[C@H](NC(=O)CN1C(=O)[C@H](N(C)C(=O)[C@@H](N)CS)N=C(c2ccccc2)c2ccccc21)C(=O)O. The van der Waals surface area contributed by atoms with E-state index in [4.69, 9.17) is 10.7 Å². The summed E-state index contributed by atoms with van der Waals surface area (Å²) in [5, 5.41) is 12.1. The molecule has 0 fully saturated rings. The second kappa shape index (κ2) is 12.7. The molecule has 2 aromatic carbocycles. The lowest BCUT2D eigenvalue weighted by molar-refractivity contribution is -0.142. The van der Waals surface area contributed by atoms with E-state index in [9.17, 15) is 24.3 Å². The summed E-state index contributed by atoms with van der Waals surface area (Å²) < 4.78 is 0. The first-order valence-electron chi connectivity index (χ1n) is 12.2. The molecule has 4 N–H and O–H groups in total. The third kappa shape index (κ3) is 6.59. The summed E-state index contributed by atoms with van der Waals surface area (Å²) in [6.07, 6.45) is -1.09. The summed E-state index contributed by atoms with van der Waals surface area (Å²) in [6, 6.07) is 14.1. The van der Waals surface area contributed by atoms with Crippen LogP contribution in [0.2, 0.25) is 0 Å². The first kappa shape index (κ1) is 28.9. The number of rotatable bonds is 10. The maximum Gasteiger partial charge on any atom is 0.326 e. The Morgan fingerprint density at radius 2 is 1.76 bits per heavy atom. The Hall–Kier alpha value is -3.70. The van der Waals surface area contributed by atoms with Gasteiger partial charge in [-0.25, -0.2) is 9.79 Å². The number of para-hydroxylation sites is 1. The highest BCUT2D eigenvalue weighted by Crippen LogP contribution is 2.29. The molecule has 202 valence electrons. The number of nitrogens with one attached hydrogen (secondary N) is 1. The van der Waals surface area contributed by atoms with Crippen LogP contribution in [0.5, 0.6) is 0 Å². The molecule has 0 spiro atoms. The topological polar surface area (TPSA) is 145 Å². The number of carbonyl (C=O) groups is 4. The minimum absolute atomic E-state index is 0.0267. The highest BCUT2D eigenvalue weighted by atomic mass is 32.1. The van der Waals surface area contributed by atoms with Crippen LogP contribution < -0.4 is 16.0 Å². The number of carbonyl (C=O) groups excluding carboxylic acids is 3. The molecule has 1 heterocycles. The quantitative estimate of drug-likeness (QED) is 0.337. The van der Waals surface area contributed by atoms with E-state index in [-0.39, 0.29) is 18.1 Å². The van der Waals surface area contributed by atoms with Crippen molar-refractivity contribution in [3.05, 3.63) is 65.7 Å². The number of thiol groups is 1. The number of anilines is 1. The molecule has 1 aliphatic heterocycles. The van der Waals surface area contributed by atoms with Crippen molar-refractivity contribution in [1.29, 1.82) is 0 Å². The molecule has 3 amide bonds. The van der Waals surface area contributed by atoms with Gasteiger partial charge in [0.2, 0.25) is 18.0 Å². The summed E-state index contributed by atoms with van der Waals surface area (Å²) in [5.74, 6) is -2.88. The highest BCUT2D eigenvalue weighted by molar-refractivity contribution is 7.80. The predicted molar refractivity (Wildman–Crippen MR) is 148 cm³/mol. The highest BCUT2D eigenvalue weighted by Gasteiger charge is 2.38. The third-order valence-electron chi connectivity index (χ3n) is 6.11. The predicted octanol–water partition coefficient (Wildman–Crippen LogP) is 1.53. The van der Waals surface area contributed by atoms with Gasteiger partial charge in [-0.05, 0) is 18.4 Å². The van der Waals surface area contributed by atoms with Crippen LogP contribution in [-0.2, 0) is 19.2 Å².